The van der Waals surface area contributed by atoms with E-state index in [4.69, 9.17) is 4.74 Å². The third-order valence-electron chi connectivity index (χ3n) is 1.79. The highest BCUT2D eigenvalue weighted by Gasteiger charge is 2.22. The lowest BCUT2D eigenvalue weighted by Gasteiger charge is -2.02. The smallest absolute Gasteiger partial charge is 0.336 e. The molecule has 98 valence electrons. The standard InChI is InChI=1S/C7H6Br2N4O3S2/c1-16-7-10-6(11-12-7)13-18(14,15)3-2-4(8)17-5(3)9/h2H,1H3,(H2,10,11,12,13). The molecular weight excluding hydrogens is 412 g/mol. The molecule has 0 aliphatic heterocycles. The van der Waals surface area contributed by atoms with Crippen molar-refractivity contribution in [2.75, 3.05) is 11.8 Å². The van der Waals surface area contributed by atoms with Gasteiger partial charge in [-0.3, -0.25) is 0 Å². The monoisotopic (exact) mass is 416 g/mol. The average molecular weight is 418 g/mol. The van der Waals surface area contributed by atoms with Crippen molar-refractivity contribution in [3.8, 4) is 6.01 Å². The number of nitrogens with one attached hydrogen (secondary N) is 2. The molecule has 0 aliphatic carbocycles. The predicted molar refractivity (Wildman–Crippen MR) is 73.5 cm³/mol. The first-order chi connectivity index (χ1) is 8.42. The maximum Gasteiger partial charge on any atom is 0.336 e. The molecule has 0 bridgehead atoms. The van der Waals surface area contributed by atoms with Crippen LogP contribution >= 0.6 is 43.2 Å². The number of hydrogen-bond acceptors (Lipinski definition) is 6. The minimum Gasteiger partial charge on any atom is -0.466 e. The van der Waals surface area contributed by atoms with Crippen molar-refractivity contribution in [3.63, 3.8) is 0 Å². The fraction of sp³-hybridized carbons (Fsp3) is 0.143. The van der Waals surface area contributed by atoms with Crippen LogP contribution in [0, 0.1) is 0 Å². The second-order valence-electron chi connectivity index (χ2n) is 2.96. The number of methoxy groups -OCH3 is 1. The Hall–Kier alpha value is -0.650. The van der Waals surface area contributed by atoms with Gasteiger partial charge in [-0.2, -0.15) is 4.98 Å². The van der Waals surface area contributed by atoms with E-state index in [0.717, 1.165) is 0 Å². The number of rotatable bonds is 4. The lowest BCUT2D eigenvalue weighted by molar-refractivity contribution is 0.382. The number of nitrogens with zero attached hydrogens (tertiary/aromatic N) is 2. The molecule has 0 fully saturated rings. The van der Waals surface area contributed by atoms with Crippen LogP contribution in [0.1, 0.15) is 0 Å². The van der Waals surface area contributed by atoms with Gasteiger partial charge in [0.1, 0.15) is 4.90 Å². The Bertz CT molecular complexity index is 666. The fourth-order valence-corrected chi connectivity index (χ4v) is 5.84. The first-order valence-corrected chi connectivity index (χ1v) is 8.25. The van der Waals surface area contributed by atoms with Crippen molar-refractivity contribution in [2.24, 2.45) is 0 Å². The first-order valence-electron chi connectivity index (χ1n) is 4.36. The second-order valence-corrected chi connectivity index (χ2v) is 8.36. The van der Waals surface area contributed by atoms with E-state index >= 15 is 0 Å². The minimum absolute atomic E-state index is 0.0129. The van der Waals surface area contributed by atoms with Crippen LogP contribution in [0.15, 0.2) is 18.5 Å². The van der Waals surface area contributed by atoms with Gasteiger partial charge in [0.2, 0.25) is 5.95 Å². The van der Waals surface area contributed by atoms with E-state index in [9.17, 15) is 8.42 Å². The largest absolute Gasteiger partial charge is 0.466 e. The third kappa shape index (κ3) is 2.84. The zero-order valence-corrected chi connectivity index (χ0v) is 13.6. The number of anilines is 1. The number of hydrogen-bond donors (Lipinski definition) is 2. The summed E-state index contributed by atoms with van der Waals surface area (Å²) in [6.07, 6.45) is 0. The molecule has 0 radical (unpaired) electrons. The SMILES string of the molecule is COc1n[nH]c(NS(=O)(=O)c2cc(Br)sc2Br)n1. The van der Waals surface area contributed by atoms with E-state index in [1.807, 2.05) is 0 Å². The summed E-state index contributed by atoms with van der Waals surface area (Å²) in [6, 6.07) is 1.54. The van der Waals surface area contributed by atoms with Crippen LogP contribution in [-0.4, -0.2) is 30.7 Å². The van der Waals surface area contributed by atoms with Gasteiger partial charge in [0.05, 0.1) is 14.7 Å². The van der Waals surface area contributed by atoms with Crippen LogP contribution in [0.25, 0.3) is 0 Å². The van der Waals surface area contributed by atoms with Gasteiger partial charge in [0.15, 0.2) is 0 Å². The average Bonchev–Trinajstić information content (AvgIpc) is 2.84. The summed E-state index contributed by atoms with van der Waals surface area (Å²) in [5.74, 6) is -0.0129. The molecule has 2 N–H and O–H groups in total. The van der Waals surface area contributed by atoms with Gasteiger partial charge < -0.3 is 4.74 Å². The minimum atomic E-state index is -3.72. The summed E-state index contributed by atoms with van der Waals surface area (Å²) in [5, 5.41) is 6.05. The maximum absolute atomic E-state index is 12.0. The summed E-state index contributed by atoms with van der Waals surface area (Å²) in [4.78, 5) is 3.89. The number of halogens is 2. The van der Waals surface area contributed by atoms with Gasteiger partial charge in [0.25, 0.3) is 10.0 Å². The predicted octanol–water partition coefficient (Wildman–Crippen LogP) is 2.20. The van der Waals surface area contributed by atoms with Crippen LogP contribution in [0.5, 0.6) is 6.01 Å². The molecule has 2 aromatic rings. The van der Waals surface area contributed by atoms with Crippen molar-refractivity contribution in [3.05, 3.63) is 13.6 Å². The molecule has 0 saturated heterocycles. The molecule has 2 heterocycles. The van der Waals surface area contributed by atoms with Gasteiger partial charge in [-0.25, -0.2) is 18.2 Å². The molecule has 7 nitrogen and oxygen atoms in total. The Labute approximate surface area is 123 Å². The highest BCUT2D eigenvalue weighted by Crippen LogP contribution is 2.35. The fourth-order valence-electron chi connectivity index (χ4n) is 1.07. The van der Waals surface area contributed by atoms with Gasteiger partial charge in [-0.05, 0) is 37.9 Å². The highest BCUT2D eigenvalue weighted by atomic mass is 79.9. The molecule has 18 heavy (non-hydrogen) atoms. The van der Waals surface area contributed by atoms with Crippen LogP contribution in [0.2, 0.25) is 0 Å². The molecule has 0 amide bonds. The van der Waals surface area contributed by atoms with E-state index in [0.29, 0.717) is 7.57 Å². The summed E-state index contributed by atoms with van der Waals surface area (Å²) < 4.78 is 32.3. The molecule has 11 heteroatoms. The molecule has 0 unspecified atom stereocenters. The van der Waals surface area contributed by atoms with E-state index in [1.165, 1.54) is 24.5 Å². The van der Waals surface area contributed by atoms with Crippen LogP contribution in [0.4, 0.5) is 5.95 Å². The van der Waals surface area contributed by atoms with Crippen LogP contribution < -0.4 is 9.46 Å². The van der Waals surface area contributed by atoms with Crippen molar-refractivity contribution in [2.45, 2.75) is 4.90 Å². The molecule has 0 saturated carbocycles. The summed E-state index contributed by atoms with van der Waals surface area (Å²) in [6.45, 7) is 0. The lowest BCUT2D eigenvalue weighted by Crippen LogP contribution is -2.13. The van der Waals surface area contributed by atoms with E-state index in [-0.39, 0.29) is 16.9 Å². The Morgan fingerprint density at radius 2 is 2.22 bits per heavy atom. The Morgan fingerprint density at radius 3 is 2.72 bits per heavy atom. The number of ether oxygens (including phenoxy) is 1. The van der Waals surface area contributed by atoms with Crippen LogP contribution in [0.3, 0.4) is 0 Å². The highest BCUT2D eigenvalue weighted by molar-refractivity contribution is 9.12. The van der Waals surface area contributed by atoms with Gasteiger partial charge in [-0.15, -0.1) is 16.4 Å². The lowest BCUT2D eigenvalue weighted by atomic mass is 10.7. The van der Waals surface area contributed by atoms with Crippen molar-refractivity contribution in [1.29, 1.82) is 0 Å². The zero-order chi connectivity index (χ0) is 13.3. The van der Waals surface area contributed by atoms with Crippen molar-refractivity contribution in [1.82, 2.24) is 15.2 Å². The summed E-state index contributed by atoms with van der Waals surface area (Å²) in [5.41, 5.74) is 0. The molecule has 2 rings (SSSR count). The Kier molecular flexibility index (Phi) is 3.94. The number of H-pyrrole nitrogens is 1. The van der Waals surface area contributed by atoms with Crippen molar-refractivity contribution < 1.29 is 13.2 Å². The quantitative estimate of drug-likeness (QED) is 0.794. The van der Waals surface area contributed by atoms with E-state index < -0.39 is 10.0 Å². The van der Waals surface area contributed by atoms with Crippen molar-refractivity contribution >= 4 is 59.2 Å². The molecule has 0 atom stereocenters. The molecule has 0 aromatic carbocycles. The topological polar surface area (TPSA) is 97.0 Å². The van der Waals surface area contributed by atoms with Gasteiger partial charge in [-0.1, -0.05) is 0 Å². The third-order valence-corrected chi connectivity index (χ3v) is 5.89. The van der Waals surface area contributed by atoms with Gasteiger partial charge in [0, 0.05) is 0 Å². The molecule has 0 aliphatic rings. The number of aromatic amines is 1. The first kappa shape index (κ1) is 13.8. The zero-order valence-electron chi connectivity index (χ0n) is 8.77. The van der Waals surface area contributed by atoms with E-state index in [1.54, 1.807) is 0 Å². The molecule has 2 aromatic heterocycles. The Balaban J connectivity index is 2.29. The number of aromatic nitrogens is 3. The van der Waals surface area contributed by atoms with Gasteiger partial charge >= 0.3 is 6.01 Å². The molecule has 0 spiro atoms. The normalized spacial score (nSPS) is 11.5. The second kappa shape index (κ2) is 5.15. The van der Waals surface area contributed by atoms with Crippen LogP contribution in [-0.2, 0) is 10.0 Å². The maximum atomic E-state index is 12.0. The van der Waals surface area contributed by atoms with E-state index in [2.05, 4.69) is 51.8 Å². The number of thiophene rings is 1. The summed E-state index contributed by atoms with van der Waals surface area (Å²) in [7, 11) is -2.34. The number of sulfonamides is 1. The Morgan fingerprint density at radius 1 is 1.50 bits per heavy atom. The molecular formula is C7H6Br2N4O3S2. The summed E-state index contributed by atoms with van der Waals surface area (Å²) >= 11 is 7.66.